The molecule has 0 atom stereocenters. The van der Waals surface area contributed by atoms with Gasteiger partial charge in [-0.1, -0.05) is 0 Å². The number of aryl methyl sites for hydroxylation is 1. The highest BCUT2D eigenvalue weighted by molar-refractivity contribution is 5.97. The quantitative estimate of drug-likeness (QED) is 0.707. The van der Waals surface area contributed by atoms with Crippen molar-refractivity contribution in [1.82, 2.24) is 20.1 Å². The van der Waals surface area contributed by atoms with Crippen LogP contribution in [0.1, 0.15) is 16.9 Å². The zero-order chi connectivity index (χ0) is 14.7. The number of amides is 1. The number of aromatic nitrogens is 3. The summed E-state index contributed by atoms with van der Waals surface area (Å²) in [5.41, 5.74) is 1.19. The molecule has 3 aromatic rings. The number of benzene rings is 1. The number of H-pyrrole nitrogens is 1. The van der Waals surface area contributed by atoms with Crippen molar-refractivity contribution in [3.8, 4) is 0 Å². The predicted molar refractivity (Wildman–Crippen MR) is 77.4 cm³/mol. The first-order valence-corrected chi connectivity index (χ1v) is 6.76. The zero-order valence-electron chi connectivity index (χ0n) is 11.3. The van der Waals surface area contributed by atoms with E-state index in [1.54, 1.807) is 18.3 Å². The lowest BCUT2D eigenvalue weighted by Crippen LogP contribution is -2.25. The number of hydrogen-bond donors (Lipinski definition) is 2. The minimum atomic E-state index is -0.312. The van der Waals surface area contributed by atoms with E-state index in [-0.39, 0.29) is 11.7 Å². The van der Waals surface area contributed by atoms with Crippen LogP contribution in [-0.4, -0.2) is 27.2 Å². The summed E-state index contributed by atoms with van der Waals surface area (Å²) in [5.74, 6) is -0.500. The third-order valence-corrected chi connectivity index (χ3v) is 3.24. The Morgan fingerprint density at radius 3 is 3.10 bits per heavy atom. The third kappa shape index (κ3) is 3.10. The Bertz CT molecular complexity index is 748. The van der Waals surface area contributed by atoms with E-state index in [9.17, 15) is 9.18 Å². The third-order valence-electron chi connectivity index (χ3n) is 3.24. The summed E-state index contributed by atoms with van der Waals surface area (Å²) in [5, 5.41) is 7.61. The summed E-state index contributed by atoms with van der Waals surface area (Å²) in [6.07, 6.45) is 4.40. The first-order valence-electron chi connectivity index (χ1n) is 6.76. The van der Waals surface area contributed by atoms with Crippen LogP contribution < -0.4 is 5.32 Å². The number of hydrogen-bond acceptors (Lipinski definition) is 2. The summed E-state index contributed by atoms with van der Waals surface area (Å²) >= 11 is 0. The number of carbonyl (C=O) groups excluding carboxylic acids is 1. The Hall–Kier alpha value is -2.63. The summed E-state index contributed by atoms with van der Waals surface area (Å²) in [4.78, 5) is 15.0. The maximum absolute atomic E-state index is 13.1. The first kappa shape index (κ1) is 13.4. The Kier molecular flexibility index (Phi) is 3.68. The molecule has 0 radical (unpaired) electrons. The Labute approximate surface area is 120 Å². The molecule has 0 saturated heterocycles. The Morgan fingerprint density at radius 1 is 1.38 bits per heavy atom. The normalized spacial score (nSPS) is 10.9. The van der Waals surface area contributed by atoms with Crippen LogP contribution in [0.2, 0.25) is 0 Å². The lowest BCUT2D eigenvalue weighted by molar-refractivity contribution is 0.0948. The lowest BCUT2D eigenvalue weighted by Gasteiger charge is -2.04. The molecule has 0 aliphatic carbocycles. The Balaban J connectivity index is 1.56. The number of fused-ring (bicyclic) bond motifs is 1. The molecule has 0 fully saturated rings. The second-order valence-corrected chi connectivity index (χ2v) is 4.79. The molecular formula is C15H15FN4O. The van der Waals surface area contributed by atoms with Gasteiger partial charge in [-0.3, -0.25) is 9.48 Å². The Morgan fingerprint density at radius 2 is 2.29 bits per heavy atom. The van der Waals surface area contributed by atoms with Crippen molar-refractivity contribution in [2.24, 2.45) is 0 Å². The molecule has 5 nitrogen and oxygen atoms in total. The van der Waals surface area contributed by atoms with Gasteiger partial charge in [-0.25, -0.2) is 4.39 Å². The molecule has 0 spiro atoms. The molecule has 0 saturated carbocycles. The molecule has 1 aromatic carbocycles. The highest BCUT2D eigenvalue weighted by atomic mass is 19.1. The average Bonchev–Trinajstić information content (AvgIpc) is 3.11. The topological polar surface area (TPSA) is 62.7 Å². The van der Waals surface area contributed by atoms with Gasteiger partial charge in [0.2, 0.25) is 0 Å². The standard InChI is InChI=1S/C15H15FN4O/c16-12-3-4-13-11(9-12)10-14(19-13)15(21)17-5-1-7-20-8-2-6-18-20/h2-4,6,8-10,19H,1,5,7H2,(H,17,21). The van der Waals surface area contributed by atoms with E-state index in [1.807, 2.05) is 16.9 Å². The van der Waals surface area contributed by atoms with Gasteiger partial charge in [-0.15, -0.1) is 0 Å². The van der Waals surface area contributed by atoms with E-state index in [0.29, 0.717) is 17.6 Å². The number of rotatable bonds is 5. The fourth-order valence-electron chi connectivity index (χ4n) is 2.20. The zero-order valence-corrected chi connectivity index (χ0v) is 11.3. The predicted octanol–water partition coefficient (Wildman–Crippen LogP) is 2.32. The van der Waals surface area contributed by atoms with Crippen molar-refractivity contribution in [3.05, 3.63) is 54.2 Å². The van der Waals surface area contributed by atoms with Gasteiger partial charge in [0.15, 0.2) is 0 Å². The highest BCUT2D eigenvalue weighted by Crippen LogP contribution is 2.16. The van der Waals surface area contributed by atoms with Crippen molar-refractivity contribution in [2.75, 3.05) is 6.54 Å². The van der Waals surface area contributed by atoms with E-state index >= 15 is 0 Å². The van der Waals surface area contributed by atoms with Gasteiger partial charge < -0.3 is 10.3 Å². The molecule has 21 heavy (non-hydrogen) atoms. The van der Waals surface area contributed by atoms with Gasteiger partial charge >= 0.3 is 0 Å². The van der Waals surface area contributed by atoms with Crippen LogP contribution in [0.25, 0.3) is 10.9 Å². The SMILES string of the molecule is O=C(NCCCn1cccn1)c1cc2cc(F)ccc2[nH]1. The maximum Gasteiger partial charge on any atom is 0.267 e. The van der Waals surface area contributed by atoms with Crippen molar-refractivity contribution in [2.45, 2.75) is 13.0 Å². The summed E-state index contributed by atoms with van der Waals surface area (Å²) in [7, 11) is 0. The van der Waals surface area contributed by atoms with Crippen LogP contribution in [0.5, 0.6) is 0 Å². The molecule has 0 aliphatic heterocycles. The van der Waals surface area contributed by atoms with E-state index in [0.717, 1.165) is 18.5 Å². The van der Waals surface area contributed by atoms with Gasteiger partial charge in [0, 0.05) is 36.4 Å². The monoisotopic (exact) mass is 286 g/mol. The summed E-state index contributed by atoms with van der Waals surface area (Å²) in [6.45, 7) is 1.31. The summed E-state index contributed by atoms with van der Waals surface area (Å²) in [6, 6.07) is 7.91. The molecule has 1 amide bonds. The molecule has 6 heteroatoms. The van der Waals surface area contributed by atoms with Crippen LogP contribution in [-0.2, 0) is 6.54 Å². The second-order valence-electron chi connectivity index (χ2n) is 4.79. The van der Waals surface area contributed by atoms with Gasteiger partial charge in [0.25, 0.3) is 5.91 Å². The molecule has 0 unspecified atom stereocenters. The molecule has 108 valence electrons. The fourth-order valence-corrected chi connectivity index (χ4v) is 2.20. The average molecular weight is 286 g/mol. The molecular weight excluding hydrogens is 271 g/mol. The van der Waals surface area contributed by atoms with E-state index in [4.69, 9.17) is 0 Å². The molecule has 3 rings (SSSR count). The molecule has 0 bridgehead atoms. The van der Waals surface area contributed by atoms with Crippen LogP contribution >= 0.6 is 0 Å². The van der Waals surface area contributed by atoms with Crippen LogP contribution in [0.3, 0.4) is 0 Å². The largest absolute Gasteiger partial charge is 0.351 e. The van der Waals surface area contributed by atoms with Gasteiger partial charge in [0.1, 0.15) is 11.5 Å². The van der Waals surface area contributed by atoms with Crippen molar-refractivity contribution < 1.29 is 9.18 Å². The number of nitrogens with one attached hydrogen (secondary N) is 2. The van der Waals surface area contributed by atoms with Gasteiger partial charge in [0.05, 0.1) is 0 Å². The maximum atomic E-state index is 13.1. The highest BCUT2D eigenvalue weighted by Gasteiger charge is 2.09. The van der Waals surface area contributed by atoms with E-state index in [2.05, 4.69) is 15.4 Å². The minimum absolute atomic E-state index is 0.188. The summed E-state index contributed by atoms with van der Waals surface area (Å²) < 4.78 is 14.9. The molecule has 2 N–H and O–H groups in total. The van der Waals surface area contributed by atoms with Gasteiger partial charge in [-0.05, 0) is 36.8 Å². The number of aromatic amines is 1. The number of nitrogens with zero attached hydrogens (tertiary/aromatic N) is 2. The fraction of sp³-hybridized carbons (Fsp3) is 0.200. The van der Waals surface area contributed by atoms with Crippen LogP contribution in [0.4, 0.5) is 4.39 Å². The molecule has 2 heterocycles. The minimum Gasteiger partial charge on any atom is -0.351 e. The number of carbonyl (C=O) groups is 1. The van der Waals surface area contributed by atoms with Crippen LogP contribution in [0.15, 0.2) is 42.7 Å². The smallest absolute Gasteiger partial charge is 0.267 e. The first-order chi connectivity index (χ1) is 10.2. The second kappa shape index (κ2) is 5.78. The van der Waals surface area contributed by atoms with Crippen molar-refractivity contribution in [1.29, 1.82) is 0 Å². The number of halogens is 1. The van der Waals surface area contributed by atoms with Crippen molar-refractivity contribution >= 4 is 16.8 Å². The lowest BCUT2D eigenvalue weighted by atomic mass is 10.2. The van der Waals surface area contributed by atoms with Gasteiger partial charge in [-0.2, -0.15) is 5.10 Å². The van der Waals surface area contributed by atoms with E-state index in [1.165, 1.54) is 12.1 Å². The van der Waals surface area contributed by atoms with E-state index < -0.39 is 0 Å². The molecule has 2 aromatic heterocycles. The molecule has 0 aliphatic rings. The van der Waals surface area contributed by atoms with Crippen molar-refractivity contribution in [3.63, 3.8) is 0 Å². The van der Waals surface area contributed by atoms with Crippen LogP contribution in [0, 0.1) is 5.82 Å².